The highest BCUT2D eigenvalue weighted by Crippen LogP contribution is 2.09. The molecule has 0 aliphatic rings. The highest BCUT2D eigenvalue weighted by molar-refractivity contribution is 5.70. The van der Waals surface area contributed by atoms with Gasteiger partial charge in [0, 0.05) is 12.8 Å². The van der Waals surface area contributed by atoms with Gasteiger partial charge in [-0.2, -0.15) is 0 Å². The minimum Gasteiger partial charge on any atom is -0.462 e. The number of esters is 2. The molecule has 1 atom stereocenters. The molecule has 5 heteroatoms. The third-order valence-electron chi connectivity index (χ3n) is 7.17. The van der Waals surface area contributed by atoms with Gasteiger partial charge in [-0.1, -0.05) is 125 Å². The topological polar surface area (TPSA) is 72.8 Å². The number of aliphatic hydroxyl groups is 1. The third-order valence-corrected chi connectivity index (χ3v) is 7.17. The summed E-state index contributed by atoms with van der Waals surface area (Å²) in [7, 11) is 0. The van der Waals surface area contributed by atoms with Crippen LogP contribution >= 0.6 is 0 Å². The summed E-state index contributed by atoms with van der Waals surface area (Å²) in [5.74, 6) is -0.674. The predicted molar refractivity (Wildman–Crippen MR) is 196 cm³/mol. The zero-order valence-corrected chi connectivity index (χ0v) is 29.3. The van der Waals surface area contributed by atoms with Crippen molar-refractivity contribution in [2.45, 2.75) is 148 Å². The lowest BCUT2D eigenvalue weighted by molar-refractivity contribution is -0.161. The van der Waals surface area contributed by atoms with Crippen LogP contribution in [-0.4, -0.2) is 36.4 Å². The summed E-state index contributed by atoms with van der Waals surface area (Å²) in [5, 5.41) is 9.52. The van der Waals surface area contributed by atoms with Crippen molar-refractivity contribution in [3.8, 4) is 0 Å². The molecular weight excluding hydrogens is 572 g/mol. The first-order chi connectivity index (χ1) is 22.6. The second-order valence-corrected chi connectivity index (χ2v) is 11.6. The highest BCUT2D eigenvalue weighted by Gasteiger charge is 2.15. The number of carbonyl (C=O) groups is 2. The maximum absolute atomic E-state index is 12.1. The average molecular weight is 639 g/mol. The smallest absolute Gasteiger partial charge is 0.306 e. The summed E-state index contributed by atoms with van der Waals surface area (Å²) in [6.45, 7) is 3.91. The Morgan fingerprint density at radius 2 is 0.935 bits per heavy atom. The monoisotopic (exact) mass is 638 g/mol. The van der Waals surface area contributed by atoms with Crippen molar-refractivity contribution >= 4 is 11.9 Å². The van der Waals surface area contributed by atoms with Crippen LogP contribution in [0.5, 0.6) is 0 Å². The molecule has 0 heterocycles. The molecule has 0 saturated carbocycles. The van der Waals surface area contributed by atoms with Crippen LogP contribution in [0.3, 0.4) is 0 Å². The van der Waals surface area contributed by atoms with E-state index in [1.807, 2.05) is 0 Å². The third kappa shape index (κ3) is 34.0. The zero-order chi connectivity index (χ0) is 33.6. The highest BCUT2D eigenvalue weighted by atomic mass is 16.6. The molecule has 1 N–H and O–H groups in total. The molecule has 0 aromatic rings. The van der Waals surface area contributed by atoms with Crippen molar-refractivity contribution in [1.29, 1.82) is 0 Å². The Kier molecular flexibility index (Phi) is 34.2. The average Bonchev–Trinajstić information content (AvgIpc) is 3.06. The lowest BCUT2D eigenvalue weighted by Crippen LogP contribution is -2.28. The van der Waals surface area contributed by atoms with E-state index in [0.717, 1.165) is 89.9 Å². The van der Waals surface area contributed by atoms with Gasteiger partial charge < -0.3 is 14.6 Å². The molecule has 0 rings (SSSR count). The maximum Gasteiger partial charge on any atom is 0.306 e. The van der Waals surface area contributed by atoms with Gasteiger partial charge in [0.2, 0.25) is 0 Å². The van der Waals surface area contributed by atoms with Crippen LogP contribution in [0.1, 0.15) is 142 Å². The van der Waals surface area contributed by atoms with Crippen LogP contribution in [0, 0.1) is 0 Å². The first kappa shape index (κ1) is 43.1. The molecule has 0 aromatic carbocycles. The second kappa shape index (κ2) is 36.5. The lowest BCUT2D eigenvalue weighted by Gasteiger charge is -2.15. The number of ether oxygens (including phenoxy) is 2. The van der Waals surface area contributed by atoms with E-state index in [4.69, 9.17) is 9.47 Å². The number of unbranched alkanes of at least 4 members (excludes halogenated alkanes) is 9. The molecule has 0 aliphatic carbocycles. The van der Waals surface area contributed by atoms with E-state index >= 15 is 0 Å². The van der Waals surface area contributed by atoms with Gasteiger partial charge in [-0.15, -0.1) is 0 Å². The first-order valence-corrected chi connectivity index (χ1v) is 18.1. The predicted octanol–water partition coefficient (Wildman–Crippen LogP) is 11.2. The number of allylic oxidation sites excluding steroid dienone is 14. The first-order valence-electron chi connectivity index (χ1n) is 18.1. The van der Waals surface area contributed by atoms with Gasteiger partial charge in [0.15, 0.2) is 6.10 Å². The Labute approximate surface area is 282 Å². The molecular formula is C41H66O5. The fourth-order valence-electron chi connectivity index (χ4n) is 4.43. The van der Waals surface area contributed by atoms with Crippen LogP contribution in [0.15, 0.2) is 85.1 Å². The minimum absolute atomic E-state index is 0.0994. The van der Waals surface area contributed by atoms with Gasteiger partial charge in [-0.25, -0.2) is 0 Å². The van der Waals surface area contributed by atoms with E-state index < -0.39 is 6.10 Å². The van der Waals surface area contributed by atoms with Crippen molar-refractivity contribution in [3.63, 3.8) is 0 Å². The Morgan fingerprint density at radius 1 is 0.522 bits per heavy atom. The number of carbonyl (C=O) groups excluding carboxylic acids is 2. The van der Waals surface area contributed by atoms with Crippen molar-refractivity contribution in [1.82, 2.24) is 0 Å². The number of rotatable bonds is 31. The molecule has 0 amide bonds. The summed E-state index contributed by atoms with van der Waals surface area (Å²) in [4.78, 5) is 24.2. The van der Waals surface area contributed by atoms with Crippen LogP contribution in [0.4, 0.5) is 0 Å². The van der Waals surface area contributed by atoms with Crippen molar-refractivity contribution in [2.75, 3.05) is 13.2 Å². The van der Waals surface area contributed by atoms with Gasteiger partial charge in [0.05, 0.1) is 6.61 Å². The Hall–Kier alpha value is -2.92. The number of hydrogen-bond acceptors (Lipinski definition) is 5. The fourth-order valence-corrected chi connectivity index (χ4v) is 4.43. The molecule has 0 aliphatic heterocycles. The summed E-state index contributed by atoms with van der Waals surface area (Å²) >= 11 is 0. The van der Waals surface area contributed by atoms with E-state index in [0.29, 0.717) is 12.8 Å². The maximum atomic E-state index is 12.1. The Balaban J connectivity index is 3.73. The molecule has 0 aromatic heterocycles. The molecule has 46 heavy (non-hydrogen) atoms. The zero-order valence-electron chi connectivity index (χ0n) is 29.3. The fraction of sp³-hybridized carbons (Fsp3) is 0.610. The normalized spacial score (nSPS) is 13.2. The molecule has 5 nitrogen and oxygen atoms in total. The van der Waals surface area contributed by atoms with Gasteiger partial charge in [0.1, 0.15) is 6.61 Å². The molecule has 1 unspecified atom stereocenters. The quantitative estimate of drug-likeness (QED) is 0.0465. The van der Waals surface area contributed by atoms with Gasteiger partial charge in [0.25, 0.3) is 0 Å². The largest absolute Gasteiger partial charge is 0.462 e. The van der Waals surface area contributed by atoms with Crippen molar-refractivity contribution < 1.29 is 24.2 Å². The summed E-state index contributed by atoms with van der Waals surface area (Å²) in [5.41, 5.74) is 0. The van der Waals surface area contributed by atoms with E-state index in [9.17, 15) is 14.7 Å². The van der Waals surface area contributed by atoms with E-state index in [1.54, 1.807) is 0 Å². The van der Waals surface area contributed by atoms with E-state index in [2.05, 4.69) is 98.9 Å². The Morgan fingerprint density at radius 3 is 1.43 bits per heavy atom. The SMILES string of the molecule is CCC=CCC=CCC=CCC=CCCCCCCC(=O)OCC(CO)OC(=O)CCCCC=CCC=CCC=CCCCCC. The van der Waals surface area contributed by atoms with Crippen LogP contribution in [-0.2, 0) is 19.1 Å². The second-order valence-electron chi connectivity index (χ2n) is 11.6. The summed E-state index contributed by atoms with van der Waals surface area (Å²) < 4.78 is 10.5. The summed E-state index contributed by atoms with van der Waals surface area (Å²) in [6.07, 6.45) is 49.2. The number of aliphatic hydroxyl groups excluding tert-OH is 1. The minimum atomic E-state index is -0.805. The van der Waals surface area contributed by atoms with Crippen molar-refractivity contribution in [3.05, 3.63) is 85.1 Å². The van der Waals surface area contributed by atoms with Crippen molar-refractivity contribution in [2.24, 2.45) is 0 Å². The van der Waals surface area contributed by atoms with Gasteiger partial charge in [-0.3, -0.25) is 9.59 Å². The lowest BCUT2D eigenvalue weighted by atomic mass is 10.1. The van der Waals surface area contributed by atoms with E-state index in [-0.39, 0.29) is 25.2 Å². The van der Waals surface area contributed by atoms with Crippen LogP contribution < -0.4 is 0 Å². The molecule has 0 fully saturated rings. The molecule has 0 bridgehead atoms. The standard InChI is InChI=1S/C41H66O5/c1-3-5-7-9-11-13-15-17-19-20-22-23-25-27-29-31-33-35-40(43)45-38-39(37-42)46-41(44)36-34-32-30-28-26-24-21-18-16-14-12-10-8-6-4-2/h5,7,11-14,17-19,21-23,26,28,39,42H,3-4,6,8-10,15-16,20,24-25,27,29-38H2,1-2H3. The Bertz CT molecular complexity index is 906. The number of hydrogen-bond donors (Lipinski definition) is 1. The van der Waals surface area contributed by atoms with Gasteiger partial charge in [-0.05, 0) is 89.9 Å². The summed E-state index contributed by atoms with van der Waals surface area (Å²) in [6, 6.07) is 0. The van der Waals surface area contributed by atoms with Gasteiger partial charge >= 0.3 is 11.9 Å². The molecule has 260 valence electrons. The molecule has 0 radical (unpaired) electrons. The van der Waals surface area contributed by atoms with E-state index in [1.165, 1.54) is 25.7 Å². The molecule has 0 spiro atoms. The van der Waals surface area contributed by atoms with Crippen LogP contribution in [0.25, 0.3) is 0 Å². The molecule has 0 saturated heterocycles. The van der Waals surface area contributed by atoms with Crippen LogP contribution in [0.2, 0.25) is 0 Å².